The van der Waals surface area contributed by atoms with Crippen molar-refractivity contribution >= 4 is 11.6 Å². The van der Waals surface area contributed by atoms with E-state index in [0.717, 1.165) is 11.1 Å². The Morgan fingerprint density at radius 2 is 1.68 bits per heavy atom. The molecule has 0 saturated carbocycles. The summed E-state index contributed by atoms with van der Waals surface area (Å²) in [7, 11) is 0. The van der Waals surface area contributed by atoms with Gasteiger partial charge in [-0.25, -0.2) is 8.78 Å². The second-order valence-electron chi connectivity index (χ2n) is 4.39. The molecule has 0 bridgehead atoms. The Bertz CT molecular complexity index is 555. The quantitative estimate of drug-likeness (QED) is 0.872. The van der Waals surface area contributed by atoms with E-state index in [9.17, 15) is 8.78 Å². The molecule has 0 saturated heterocycles. The van der Waals surface area contributed by atoms with E-state index in [0.29, 0.717) is 11.6 Å². The smallest absolute Gasteiger partial charge is 0.124 e. The molecule has 0 heterocycles. The van der Waals surface area contributed by atoms with E-state index >= 15 is 0 Å². The van der Waals surface area contributed by atoms with Gasteiger partial charge in [-0.3, -0.25) is 0 Å². The Morgan fingerprint density at radius 1 is 1.05 bits per heavy atom. The largest absolute Gasteiger partial charge is 0.306 e. The van der Waals surface area contributed by atoms with Crippen LogP contribution in [0.25, 0.3) is 0 Å². The minimum atomic E-state index is -0.348. The summed E-state index contributed by atoms with van der Waals surface area (Å²) < 4.78 is 25.7. The SMILES string of the molecule is CC(NCc1ccc(F)cc1)c1ccc(F)cc1Cl. The van der Waals surface area contributed by atoms with Gasteiger partial charge >= 0.3 is 0 Å². The molecule has 1 unspecified atom stereocenters. The molecule has 1 nitrogen and oxygen atoms in total. The van der Waals surface area contributed by atoms with Gasteiger partial charge in [-0.1, -0.05) is 29.8 Å². The van der Waals surface area contributed by atoms with Gasteiger partial charge in [-0.05, 0) is 42.3 Å². The second kappa shape index (κ2) is 6.13. The maximum Gasteiger partial charge on any atom is 0.124 e. The van der Waals surface area contributed by atoms with Crippen LogP contribution < -0.4 is 5.32 Å². The van der Waals surface area contributed by atoms with Gasteiger partial charge in [-0.15, -0.1) is 0 Å². The Kier molecular flexibility index (Phi) is 4.51. The van der Waals surface area contributed by atoms with Gasteiger partial charge in [0.1, 0.15) is 11.6 Å². The van der Waals surface area contributed by atoms with Gasteiger partial charge in [0, 0.05) is 17.6 Å². The van der Waals surface area contributed by atoms with Gasteiger partial charge in [0.25, 0.3) is 0 Å². The lowest BCUT2D eigenvalue weighted by Crippen LogP contribution is -2.18. The van der Waals surface area contributed by atoms with Crippen LogP contribution in [0, 0.1) is 11.6 Å². The lowest BCUT2D eigenvalue weighted by molar-refractivity contribution is 0.569. The third kappa shape index (κ3) is 3.75. The van der Waals surface area contributed by atoms with Crippen molar-refractivity contribution in [1.82, 2.24) is 5.32 Å². The van der Waals surface area contributed by atoms with Gasteiger partial charge in [0.15, 0.2) is 0 Å². The van der Waals surface area contributed by atoms with Crippen LogP contribution in [-0.4, -0.2) is 0 Å². The summed E-state index contributed by atoms with van der Waals surface area (Å²) in [6, 6.07) is 10.6. The molecular formula is C15H14ClF2N. The monoisotopic (exact) mass is 281 g/mol. The summed E-state index contributed by atoms with van der Waals surface area (Å²) in [5.41, 5.74) is 1.82. The van der Waals surface area contributed by atoms with E-state index < -0.39 is 0 Å². The molecule has 0 aromatic heterocycles. The van der Waals surface area contributed by atoms with E-state index in [1.54, 1.807) is 18.2 Å². The molecule has 0 aliphatic carbocycles. The average Bonchev–Trinajstić information content (AvgIpc) is 2.37. The molecule has 1 atom stereocenters. The molecule has 2 aromatic rings. The number of benzene rings is 2. The van der Waals surface area contributed by atoms with Crippen molar-refractivity contribution in [3.05, 3.63) is 70.2 Å². The molecule has 0 fully saturated rings. The topological polar surface area (TPSA) is 12.0 Å². The molecule has 2 aromatic carbocycles. The molecule has 2 rings (SSSR count). The van der Waals surface area contributed by atoms with Gasteiger partial charge in [-0.2, -0.15) is 0 Å². The molecule has 19 heavy (non-hydrogen) atoms. The minimum absolute atomic E-state index is 0.0156. The van der Waals surface area contributed by atoms with E-state index in [4.69, 9.17) is 11.6 Å². The average molecular weight is 282 g/mol. The van der Waals surface area contributed by atoms with E-state index in [1.807, 2.05) is 6.92 Å². The normalized spacial score (nSPS) is 12.4. The number of nitrogens with one attached hydrogen (secondary N) is 1. The van der Waals surface area contributed by atoms with Gasteiger partial charge in [0.05, 0.1) is 0 Å². The highest BCUT2D eigenvalue weighted by atomic mass is 35.5. The van der Waals surface area contributed by atoms with Crippen molar-refractivity contribution in [2.24, 2.45) is 0 Å². The zero-order valence-corrected chi connectivity index (χ0v) is 11.2. The fourth-order valence-corrected chi connectivity index (χ4v) is 2.17. The van der Waals surface area contributed by atoms with E-state index in [-0.39, 0.29) is 17.7 Å². The molecular weight excluding hydrogens is 268 g/mol. The fraction of sp³-hybridized carbons (Fsp3) is 0.200. The standard InChI is InChI=1S/C15H14ClF2N/c1-10(14-7-6-13(18)8-15(14)16)19-9-11-2-4-12(17)5-3-11/h2-8,10,19H,9H2,1H3. The molecule has 0 aliphatic heterocycles. The van der Waals surface area contributed by atoms with Crippen LogP contribution in [-0.2, 0) is 6.54 Å². The van der Waals surface area contributed by atoms with E-state index in [1.165, 1.54) is 24.3 Å². The summed E-state index contributed by atoms with van der Waals surface area (Å²) >= 11 is 6.00. The first-order valence-electron chi connectivity index (χ1n) is 5.99. The number of hydrogen-bond donors (Lipinski definition) is 1. The maximum absolute atomic E-state index is 13.0. The molecule has 0 aliphatic rings. The van der Waals surface area contributed by atoms with Crippen LogP contribution in [0.15, 0.2) is 42.5 Å². The van der Waals surface area contributed by atoms with Crippen molar-refractivity contribution in [2.75, 3.05) is 0 Å². The minimum Gasteiger partial charge on any atom is -0.306 e. The van der Waals surface area contributed by atoms with Crippen LogP contribution in [0.2, 0.25) is 5.02 Å². The van der Waals surface area contributed by atoms with Crippen molar-refractivity contribution in [3.63, 3.8) is 0 Å². The first-order chi connectivity index (χ1) is 9.06. The van der Waals surface area contributed by atoms with Crippen molar-refractivity contribution in [1.29, 1.82) is 0 Å². The van der Waals surface area contributed by atoms with E-state index in [2.05, 4.69) is 5.32 Å². The van der Waals surface area contributed by atoms with Crippen LogP contribution in [0.4, 0.5) is 8.78 Å². The predicted molar refractivity (Wildman–Crippen MR) is 73.1 cm³/mol. The van der Waals surface area contributed by atoms with Gasteiger partial charge in [0.2, 0.25) is 0 Å². The lowest BCUT2D eigenvalue weighted by atomic mass is 10.1. The Labute approximate surface area is 116 Å². The molecule has 0 amide bonds. The zero-order valence-electron chi connectivity index (χ0n) is 10.5. The maximum atomic E-state index is 13.0. The first-order valence-corrected chi connectivity index (χ1v) is 6.37. The van der Waals surface area contributed by atoms with Crippen molar-refractivity contribution in [2.45, 2.75) is 19.5 Å². The highest BCUT2D eigenvalue weighted by molar-refractivity contribution is 6.31. The highest BCUT2D eigenvalue weighted by Crippen LogP contribution is 2.23. The predicted octanol–water partition coefficient (Wildman–Crippen LogP) is 4.47. The number of hydrogen-bond acceptors (Lipinski definition) is 1. The number of rotatable bonds is 4. The van der Waals surface area contributed by atoms with Crippen LogP contribution >= 0.6 is 11.6 Å². The molecule has 4 heteroatoms. The summed E-state index contributed by atoms with van der Waals surface area (Å²) in [6.07, 6.45) is 0. The molecule has 0 radical (unpaired) electrons. The highest BCUT2D eigenvalue weighted by Gasteiger charge is 2.09. The third-order valence-corrected chi connectivity index (χ3v) is 3.28. The fourth-order valence-electron chi connectivity index (χ4n) is 1.84. The second-order valence-corrected chi connectivity index (χ2v) is 4.80. The Hall–Kier alpha value is -1.45. The molecule has 0 spiro atoms. The Morgan fingerprint density at radius 3 is 2.32 bits per heavy atom. The molecule has 1 N–H and O–H groups in total. The van der Waals surface area contributed by atoms with Crippen molar-refractivity contribution < 1.29 is 8.78 Å². The van der Waals surface area contributed by atoms with Crippen LogP contribution in [0.1, 0.15) is 24.1 Å². The summed E-state index contributed by atoms with van der Waals surface area (Å²) in [5, 5.41) is 3.67. The summed E-state index contributed by atoms with van der Waals surface area (Å²) in [4.78, 5) is 0. The molecule has 100 valence electrons. The Balaban J connectivity index is 2.01. The lowest BCUT2D eigenvalue weighted by Gasteiger charge is -2.15. The number of halogens is 3. The third-order valence-electron chi connectivity index (χ3n) is 2.95. The van der Waals surface area contributed by atoms with Gasteiger partial charge < -0.3 is 5.32 Å². The van der Waals surface area contributed by atoms with Crippen LogP contribution in [0.3, 0.4) is 0 Å². The van der Waals surface area contributed by atoms with Crippen LogP contribution in [0.5, 0.6) is 0 Å². The first kappa shape index (κ1) is 14.0. The zero-order chi connectivity index (χ0) is 13.8. The summed E-state index contributed by atoms with van der Waals surface area (Å²) in [6.45, 7) is 2.54. The van der Waals surface area contributed by atoms with Crippen molar-refractivity contribution in [3.8, 4) is 0 Å². The summed E-state index contributed by atoms with van der Waals surface area (Å²) in [5.74, 6) is -0.599.